The molecule has 3 heterocycles. The molecule has 142 valence electrons. The minimum absolute atomic E-state index is 0.0201. The van der Waals surface area contributed by atoms with Crippen LogP contribution in [-0.2, 0) is 20.7 Å². The zero-order valence-electron chi connectivity index (χ0n) is 14.9. The van der Waals surface area contributed by atoms with E-state index in [-0.39, 0.29) is 24.5 Å². The fraction of sp³-hybridized carbons (Fsp3) is 0.421. The Morgan fingerprint density at radius 1 is 1.30 bits per heavy atom. The molecule has 4 rings (SSSR count). The van der Waals surface area contributed by atoms with Crippen molar-refractivity contribution in [3.05, 3.63) is 36.0 Å². The van der Waals surface area contributed by atoms with Crippen molar-refractivity contribution >= 4 is 28.7 Å². The van der Waals surface area contributed by atoms with Gasteiger partial charge in [-0.25, -0.2) is 4.79 Å². The number of aromatic nitrogens is 1. The van der Waals surface area contributed by atoms with Crippen LogP contribution in [0.1, 0.15) is 18.4 Å². The van der Waals surface area contributed by atoms with Gasteiger partial charge < -0.3 is 20.4 Å². The number of hydrogen-bond acceptors (Lipinski definition) is 4. The van der Waals surface area contributed by atoms with Crippen LogP contribution in [0.5, 0.6) is 0 Å². The third kappa shape index (κ3) is 3.66. The standard InChI is InChI=1S/C19H22N4O4/c24-17(21-10-13-4-3-7-27-13)11-23-18(25)16(22-19(23)26)8-12-9-20-15-6-2-1-5-14(12)15/h1-2,5-6,9,13,16,20H,3-4,7-8,10-11H2,(H,21,24)(H,22,26)/t13-,16+/m1/s1. The Balaban J connectivity index is 1.36. The SMILES string of the molecule is O=C(CN1C(=O)N[C@@H](Cc2c[nH]c3ccccc23)C1=O)NC[C@H]1CCCO1. The number of ether oxygens (including phenoxy) is 1. The molecule has 27 heavy (non-hydrogen) atoms. The van der Waals surface area contributed by atoms with E-state index >= 15 is 0 Å². The second-order valence-corrected chi connectivity index (χ2v) is 6.93. The third-order valence-corrected chi connectivity index (χ3v) is 5.06. The van der Waals surface area contributed by atoms with Gasteiger partial charge in [0.15, 0.2) is 0 Å². The van der Waals surface area contributed by atoms with Crippen molar-refractivity contribution in [2.24, 2.45) is 0 Å². The molecule has 0 aliphatic carbocycles. The van der Waals surface area contributed by atoms with Crippen molar-refractivity contribution in [3.63, 3.8) is 0 Å². The lowest BCUT2D eigenvalue weighted by Gasteiger charge is -2.15. The number of urea groups is 1. The second-order valence-electron chi connectivity index (χ2n) is 6.93. The molecule has 2 aromatic rings. The molecule has 4 amide bonds. The summed E-state index contributed by atoms with van der Waals surface area (Å²) in [6.07, 6.45) is 4.15. The Kier molecular flexibility index (Phi) is 4.81. The Labute approximate surface area is 156 Å². The molecule has 1 aromatic heterocycles. The predicted octanol–water partition coefficient (Wildman–Crippen LogP) is 0.926. The molecule has 0 unspecified atom stereocenters. The summed E-state index contributed by atoms with van der Waals surface area (Å²) < 4.78 is 5.45. The number of imide groups is 1. The average Bonchev–Trinajstić information content (AvgIpc) is 3.38. The van der Waals surface area contributed by atoms with Gasteiger partial charge in [0.05, 0.1) is 6.10 Å². The third-order valence-electron chi connectivity index (χ3n) is 5.06. The van der Waals surface area contributed by atoms with Gasteiger partial charge in [-0.15, -0.1) is 0 Å². The monoisotopic (exact) mass is 370 g/mol. The summed E-state index contributed by atoms with van der Waals surface area (Å²) in [4.78, 5) is 41.0. The van der Waals surface area contributed by atoms with E-state index in [0.717, 1.165) is 34.2 Å². The number of nitrogens with zero attached hydrogens (tertiary/aromatic N) is 1. The molecule has 0 saturated carbocycles. The topological polar surface area (TPSA) is 104 Å². The lowest BCUT2D eigenvalue weighted by atomic mass is 10.1. The maximum absolute atomic E-state index is 12.6. The number of benzene rings is 1. The Morgan fingerprint density at radius 2 is 2.15 bits per heavy atom. The Morgan fingerprint density at radius 3 is 2.96 bits per heavy atom. The first-order valence-electron chi connectivity index (χ1n) is 9.17. The first-order valence-corrected chi connectivity index (χ1v) is 9.17. The zero-order valence-corrected chi connectivity index (χ0v) is 14.9. The predicted molar refractivity (Wildman–Crippen MR) is 98.0 cm³/mol. The zero-order chi connectivity index (χ0) is 18.8. The number of fused-ring (bicyclic) bond motifs is 1. The van der Waals surface area contributed by atoms with E-state index in [1.165, 1.54) is 0 Å². The molecule has 0 bridgehead atoms. The summed E-state index contributed by atoms with van der Waals surface area (Å²) >= 11 is 0. The van der Waals surface area contributed by atoms with Crippen LogP contribution in [0.25, 0.3) is 10.9 Å². The van der Waals surface area contributed by atoms with Gasteiger partial charge in [-0.05, 0) is 24.5 Å². The summed E-state index contributed by atoms with van der Waals surface area (Å²) in [5, 5.41) is 6.43. The van der Waals surface area contributed by atoms with E-state index < -0.39 is 12.1 Å². The second kappa shape index (κ2) is 7.40. The minimum atomic E-state index is -0.664. The van der Waals surface area contributed by atoms with Gasteiger partial charge in [0.25, 0.3) is 5.91 Å². The van der Waals surface area contributed by atoms with Crippen LogP contribution in [0.4, 0.5) is 4.79 Å². The molecule has 1 aromatic carbocycles. The van der Waals surface area contributed by atoms with E-state index in [1.54, 1.807) is 0 Å². The highest BCUT2D eigenvalue weighted by atomic mass is 16.5. The number of carbonyl (C=O) groups is 3. The summed E-state index contributed by atoms with van der Waals surface area (Å²) in [5.74, 6) is -0.737. The van der Waals surface area contributed by atoms with Crippen LogP contribution in [0.3, 0.4) is 0 Å². The number of hydrogen-bond donors (Lipinski definition) is 3. The molecule has 2 aliphatic heterocycles. The van der Waals surface area contributed by atoms with Crippen molar-refractivity contribution in [3.8, 4) is 0 Å². The van der Waals surface area contributed by atoms with Crippen LogP contribution in [0.15, 0.2) is 30.5 Å². The number of nitrogens with one attached hydrogen (secondary N) is 3. The van der Waals surface area contributed by atoms with Gasteiger partial charge in [0.1, 0.15) is 12.6 Å². The van der Waals surface area contributed by atoms with Gasteiger partial charge in [-0.1, -0.05) is 18.2 Å². The highest BCUT2D eigenvalue weighted by Gasteiger charge is 2.39. The van der Waals surface area contributed by atoms with Crippen molar-refractivity contribution in [2.75, 3.05) is 19.7 Å². The quantitative estimate of drug-likeness (QED) is 0.658. The van der Waals surface area contributed by atoms with E-state index in [1.807, 2.05) is 30.5 Å². The lowest BCUT2D eigenvalue weighted by molar-refractivity contribution is -0.132. The molecule has 2 aliphatic rings. The fourth-order valence-electron chi connectivity index (χ4n) is 3.62. The smallest absolute Gasteiger partial charge is 0.325 e. The van der Waals surface area contributed by atoms with Gasteiger partial charge >= 0.3 is 6.03 Å². The number of amides is 4. The molecule has 3 N–H and O–H groups in total. The molecule has 0 radical (unpaired) electrons. The first-order chi connectivity index (χ1) is 13.1. The molecule has 8 nitrogen and oxygen atoms in total. The van der Waals surface area contributed by atoms with E-state index in [4.69, 9.17) is 4.74 Å². The molecule has 2 saturated heterocycles. The van der Waals surface area contributed by atoms with E-state index in [2.05, 4.69) is 15.6 Å². The van der Waals surface area contributed by atoms with Crippen molar-refractivity contribution in [2.45, 2.75) is 31.4 Å². The van der Waals surface area contributed by atoms with Crippen molar-refractivity contribution in [1.82, 2.24) is 20.5 Å². The largest absolute Gasteiger partial charge is 0.376 e. The normalized spacial score (nSPS) is 22.4. The van der Waals surface area contributed by atoms with Gasteiger partial charge in [-0.2, -0.15) is 0 Å². The number of rotatable bonds is 6. The van der Waals surface area contributed by atoms with Crippen LogP contribution in [-0.4, -0.2) is 59.6 Å². The number of carbonyl (C=O) groups excluding carboxylic acids is 3. The van der Waals surface area contributed by atoms with Crippen LogP contribution >= 0.6 is 0 Å². The van der Waals surface area contributed by atoms with Gasteiger partial charge in [0, 0.05) is 36.7 Å². The minimum Gasteiger partial charge on any atom is -0.376 e. The highest BCUT2D eigenvalue weighted by molar-refractivity contribution is 6.06. The number of aromatic amines is 1. The molecule has 2 fully saturated rings. The number of H-pyrrole nitrogens is 1. The van der Waals surface area contributed by atoms with Crippen LogP contribution < -0.4 is 10.6 Å². The highest BCUT2D eigenvalue weighted by Crippen LogP contribution is 2.21. The maximum Gasteiger partial charge on any atom is 0.325 e. The Bertz CT molecular complexity index is 871. The molecular formula is C19H22N4O4. The van der Waals surface area contributed by atoms with Crippen molar-refractivity contribution < 1.29 is 19.1 Å². The molecule has 0 spiro atoms. The summed E-state index contributed by atoms with van der Waals surface area (Å²) in [5.41, 5.74) is 1.93. The average molecular weight is 370 g/mol. The van der Waals surface area contributed by atoms with Crippen LogP contribution in [0.2, 0.25) is 0 Å². The van der Waals surface area contributed by atoms with E-state index in [9.17, 15) is 14.4 Å². The lowest BCUT2D eigenvalue weighted by Crippen LogP contribution is -2.43. The summed E-state index contributed by atoms with van der Waals surface area (Å²) in [6, 6.07) is 6.60. The van der Waals surface area contributed by atoms with E-state index in [0.29, 0.717) is 19.6 Å². The summed E-state index contributed by atoms with van der Waals surface area (Å²) in [6.45, 7) is 0.839. The molecular weight excluding hydrogens is 348 g/mol. The fourth-order valence-corrected chi connectivity index (χ4v) is 3.62. The molecule has 2 atom stereocenters. The van der Waals surface area contributed by atoms with Gasteiger partial charge in [0.2, 0.25) is 5.91 Å². The first kappa shape index (κ1) is 17.5. The number of para-hydroxylation sites is 1. The maximum atomic E-state index is 12.6. The van der Waals surface area contributed by atoms with Crippen LogP contribution in [0, 0.1) is 0 Å². The Hall–Kier alpha value is -2.87. The molecule has 8 heteroatoms. The summed E-state index contributed by atoms with van der Waals surface area (Å²) in [7, 11) is 0. The van der Waals surface area contributed by atoms with Gasteiger partial charge in [-0.3, -0.25) is 14.5 Å². The van der Waals surface area contributed by atoms with Crippen molar-refractivity contribution in [1.29, 1.82) is 0 Å².